The van der Waals surface area contributed by atoms with Gasteiger partial charge < -0.3 is 10.0 Å². The summed E-state index contributed by atoms with van der Waals surface area (Å²) >= 11 is 1.76. The van der Waals surface area contributed by atoms with Crippen LogP contribution in [0.5, 0.6) is 0 Å². The van der Waals surface area contributed by atoms with Crippen molar-refractivity contribution in [2.45, 2.75) is 25.7 Å². The van der Waals surface area contributed by atoms with E-state index < -0.39 is 0 Å². The average Bonchev–Trinajstić information content (AvgIpc) is 2.87. The maximum Gasteiger partial charge on any atom is 0.0931 e. The Morgan fingerprint density at radius 2 is 2.50 bits per heavy atom. The van der Waals surface area contributed by atoms with Crippen LogP contribution in [-0.4, -0.2) is 41.7 Å². The molecule has 1 aliphatic heterocycles. The molecule has 1 N–H and O–H groups in total. The van der Waals surface area contributed by atoms with Crippen LogP contribution >= 0.6 is 11.3 Å². The number of hydrogen-bond acceptors (Lipinski definition) is 4. The number of hydrogen-bond donors (Lipinski definition) is 1. The van der Waals surface area contributed by atoms with E-state index in [1.165, 1.54) is 29.4 Å². The van der Waals surface area contributed by atoms with Gasteiger partial charge in [0.15, 0.2) is 0 Å². The smallest absolute Gasteiger partial charge is 0.0931 e. The van der Waals surface area contributed by atoms with E-state index in [1.807, 2.05) is 13.1 Å². The van der Waals surface area contributed by atoms with Gasteiger partial charge in [-0.1, -0.05) is 6.92 Å². The Morgan fingerprint density at radius 1 is 1.69 bits per heavy atom. The summed E-state index contributed by atoms with van der Waals surface area (Å²) in [5.74, 6) is 1.01. The summed E-state index contributed by atoms with van der Waals surface area (Å²) in [5, 5.41) is 10.3. The van der Waals surface area contributed by atoms with E-state index in [1.54, 1.807) is 11.3 Å². The van der Waals surface area contributed by atoms with Crippen LogP contribution in [0.25, 0.3) is 0 Å². The molecular weight excluding hydrogens is 220 g/mol. The SMILES string of the molecule is CC(CO)c1cnc(CC2CCN(C)C2)s1. The van der Waals surface area contributed by atoms with Crippen molar-refractivity contribution in [3.8, 4) is 0 Å². The lowest BCUT2D eigenvalue weighted by Gasteiger charge is -2.08. The Balaban J connectivity index is 1.92. The number of likely N-dealkylation sites (tertiary alicyclic amines) is 1. The van der Waals surface area contributed by atoms with Crippen molar-refractivity contribution in [3.05, 3.63) is 16.1 Å². The van der Waals surface area contributed by atoms with Gasteiger partial charge in [0.2, 0.25) is 0 Å². The molecule has 1 fully saturated rings. The zero-order valence-corrected chi connectivity index (χ0v) is 10.8. The number of nitrogens with zero attached hydrogens (tertiary/aromatic N) is 2. The van der Waals surface area contributed by atoms with Gasteiger partial charge in [0.05, 0.1) is 11.6 Å². The third-order valence-electron chi connectivity index (χ3n) is 3.28. The number of thiazole rings is 1. The molecule has 90 valence electrons. The molecule has 2 heterocycles. The Hall–Kier alpha value is -0.450. The Kier molecular flexibility index (Phi) is 3.95. The number of rotatable bonds is 4. The van der Waals surface area contributed by atoms with Gasteiger partial charge in [-0.3, -0.25) is 0 Å². The van der Waals surface area contributed by atoms with Gasteiger partial charge in [-0.05, 0) is 25.9 Å². The lowest BCUT2D eigenvalue weighted by Crippen LogP contribution is -2.14. The van der Waals surface area contributed by atoms with Gasteiger partial charge in [0.25, 0.3) is 0 Å². The standard InChI is InChI=1S/C12H20N2OS/c1-9(8-15)11-6-13-12(16-11)5-10-3-4-14(2)7-10/h6,9-10,15H,3-5,7-8H2,1-2H3. The average molecular weight is 240 g/mol. The second-order valence-electron chi connectivity index (χ2n) is 4.86. The van der Waals surface area contributed by atoms with Crippen LogP contribution in [0, 0.1) is 5.92 Å². The van der Waals surface area contributed by atoms with Crippen molar-refractivity contribution in [2.75, 3.05) is 26.7 Å². The van der Waals surface area contributed by atoms with Crippen molar-refractivity contribution in [1.82, 2.24) is 9.88 Å². The molecule has 2 rings (SSSR count). The van der Waals surface area contributed by atoms with E-state index in [0.29, 0.717) is 0 Å². The molecule has 4 heteroatoms. The molecule has 16 heavy (non-hydrogen) atoms. The minimum Gasteiger partial charge on any atom is -0.396 e. The maximum atomic E-state index is 9.09. The van der Waals surface area contributed by atoms with E-state index in [0.717, 1.165) is 12.3 Å². The molecule has 0 saturated carbocycles. The third-order valence-corrected chi connectivity index (χ3v) is 4.53. The number of aliphatic hydroxyl groups is 1. The normalized spacial score (nSPS) is 23.8. The van der Waals surface area contributed by atoms with E-state index in [-0.39, 0.29) is 12.5 Å². The van der Waals surface area contributed by atoms with E-state index >= 15 is 0 Å². The highest BCUT2D eigenvalue weighted by molar-refractivity contribution is 7.11. The van der Waals surface area contributed by atoms with Gasteiger partial charge in [-0.25, -0.2) is 4.98 Å². The Bertz CT molecular complexity index is 340. The fraction of sp³-hybridized carbons (Fsp3) is 0.750. The van der Waals surface area contributed by atoms with Gasteiger partial charge in [0.1, 0.15) is 0 Å². The van der Waals surface area contributed by atoms with Crippen LogP contribution in [0.2, 0.25) is 0 Å². The molecule has 3 nitrogen and oxygen atoms in total. The Morgan fingerprint density at radius 3 is 3.12 bits per heavy atom. The Labute approximate surface area is 101 Å². The molecule has 1 saturated heterocycles. The van der Waals surface area contributed by atoms with E-state index in [2.05, 4.69) is 16.9 Å². The molecule has 2 unspecified atom stereocenters. The van der Waals surface area contributed by atoms with Crippen molar-refractivity contribution >= 4 is 11.3 Å². The molecule has 2 atom stereocenters. The van der Waals surface area contributed by atoms with Gasteiger partial charge >= 0.3 is 0 Å². The monoisotopic (exact) mass is 240 g/mol. The lowest BCUT2D eigenvalue weighted by molar-refractivity contribution is 0.274. The molecule has 0 amide bonds. The van der Waals surface area contributed by atoms with Gasteiger partial charge in [-0.15, -0.1) is 11.3 Å². The largest absolute Gasteiger partial charge is 0.396 e. The fourth-order valence-corrected chi connectivity index (χ4v) is 3.25. The van der Waals surface area contributed by atoms with Crippen LogP contribution in [0.3, 0.4) is 0 Å². The minimum absolute atomic E-state index is 0.216. The third kappa shape index (κ3) is 2.81. The zero-order valence-electron chi connectivity index (χ0n) is 10.0. The van der Waals surface area contributed by atoms with Crippen LogP contribution < -0.4 is 0 Å². The highest BCUT2D eigenvalue weighted by Crippen LogP contribution is 2.26. The fourth-order valence-electron chi connectivity index (χ4n) is 2.18. The summed E-state index contributed by atoms with van der Waals surface area (Å²) in [5.41, 5.74) is 0. The predicted molar refractivity (Wildman–Crippen MR) is 66.9 cm³/mol. The highest BCUT2D eigenvalue weighted by Gasteiger charge is 2.21. The lowest BCUT2D eigenvalue weighted by atomic mass is 10.1. The predicted octanol–water partition coefficient (Wildman–Crippen LogP) is 1.73. The molecule has 0 spiro atoms. The first-order chi connectivity index (χ1) is 7.69. The summed E-state index contributed by atoms with van der Waals surface area (Å²) in [6.07, 6.45) is 4.33. The first-order valence-corrected chi connectivity index (χ1v) is 6.74. The quantitative estimate of drug-likeness (QED) is 0.871. The van der Waals surface area contributed by atoms with Crippen molar-refractivity contribution in [2.24, 2.45) is 5.92 Å². The molecule has 0 radical (unpaired) electrons. The van der Waals surface area contributed by atoms with Crippen LogP contribution in [0.1, 0.15) is 29.1 Å². The van der Waals surface area contributed by atoms with Crippen LogP contribution in [-0.2, 0) is 6.42 Å². The number of aliphatic hydroxyl groups excluding tert-OH is 1. The summed E-state index contributed by atoms with van der Waals surface area (Å²) < 4.78 is 0. The topological polar surface area (TPSA) is 36.4 Å². The van der Waals surface area contributed by atoms with Crippen molar-refractivity contribution < 1.29 is 5.11 Å². The molecule has 1 aromatic heterocycles. The molecule has 0 aliphatic carbocycles. The summed E-state index contributed by atoms with van der Waals surface area (Å²) in [4.78, 5) is 8.06. The first-order valence-electron chi connectivity index (χ1n) is 5.93. The highest BCUT2D eigenvalue weighted by atomic mass is 32.1. The van der Waals surface area contributed by atoms with E-state index in [9.17, 15) is 0 Å². The second-order valence-corrected chi connectivity index (χ2v) is 6.01. The van der Waals surface area contributed by atoms with Crippen LogP contribution in [0.15, 0.2) is 6.20 Å². The van der Waals surface area contributed by atoms with Gasteiger partial charge in [-0.2, -0.15) is 0 Å². The maximum absolute atomic E-state index is 9.09. The first kappa shape index (κ1) is 12.0. The summed E-state index contributed by atoms with van der Waals surface area (Å²) in [7, 11) is 2.18. The second kappa shape index (κ2) is 5.25. The van der Waals surface area contributed by atoms with Gasteiger partial charge in [0, 0.05) is 30.0 Å². The van der Waals surface area contributed by atoms with Crippen LogP contribution in [0.4, 0.5) is 0 Å². The number of aromatic nitrogens is 1. The molecular formula is C12H20N2OS. The molecule has 1 aliphatic rings. The minimum atomic E-state index is 0.216. The molecule has 0 bridgehead atoms. The summed E-state index contributed by atoms with van der Waals surface area (Å²) in [6.45, 7) is 4.68. The molecule has 1 aromatic rings. The zero-order chi connectivity index (χ0) is 11.5. The summed E-state index contributed by atoms with van der Waals surface area (Å²) in [6, 6.07) is 0. The molecule has 0 aromatic carbocycles. The van der Waals surface area contributed by atoms with Crippen molar-refractivity contribution in [1.29, 1.82) is 0 Å². The van der Waals surface area contributed by atoms with E-state index in [4.69, 9.17) is 5.11 Å². The van der Waals surface area contributed by atoms with Crippen molar-refractivity contribution in [3.63, 3.8) is 0 Å².